The molecule has 0 heterocycles. The first-order valence-electron chi connectivity index (χ1n) is 9.92. The first kappa shape index (κ1) is 28.6. The van der Waals surface area contributed by atoms with Gasteiger partial charge in [0.1, 0.15) is 18.1 Å². The maximum atomic E-state index is 12.6. The Hall–Kier alpha value is -3.42. The Balaban J connectivity index is 4.95. The number of carbonyl (C=O) groups is 5. The topological polar surface area (TPSA) is 252 Å². The van der Waals surface area contributed by atoms with Crippen LogP contribution in [-0.2, 0) is 24.0 Å². The van der Waals surface area contributed by atoms with Crippen LogP contribution in [-0.4, -0.2) is 76.5 Å². The molecule has 0 aromatic heterocycles. The monoisotopic (exact) mass is 459 g/mol. The Bertz CT molecular complexity index is 722. The molecule has 0 aliphatic rings. The molecule has 14 heteroatoms. The summed E-state index contributed by atoms with van der Waals surface area (Å²) in [6.45, 7) is 4.80. The summed E-state index contributed by atoms with van der Waals surface area (Å²) in [5.74, 6) is -5.36. The average molecular weight is 460 g/mol. The molecule has 0 aliphatic heterocycles. The van der Waals surface area contributed by atoms with Gasteiger partial charge in [0.15, 0.2) is 5.96 Å². The van der Waals surface area contributed by atoms with E-state index in [9.17, 15) is 29.1 Å². The van der Waals surface area contributed by atoms with Crippen LogP contribution in [0.2, 0.25) is 0 Å². The molecule has 0 aromatic carbocycles. The molecule has 0 bridgehead atoms. The van der Waals surface area contributed by atoms with Gasteiger partial charge in [-0.2, -0.15) is 0 Å². The van der Waals surface area contributed by atoms with E-state index >= 15 is 0 Å². The van der Waals surface area contributed by atoms with Gasteiger partial charge in [-0.25, -0.2) is 4.79 Å². The fourth-order valence-electron chi connectivity index (χ4n) is 2.50. The molecule has 0 fully saturated rings. The minimum Gasteiger partial charge on any atom is -0.481 e. The smallest absolute Gasteiger partial charge is 0.326 e. The summed E-state index contributed by atoms with van der Waals surface area (Å²) in [5.41, 5.74) is 15.9. The molecule has 0 saturated carbocycles. The van der Waals surface area contributed by atoms with Crippen LogP contribution in [0.1, 0.15) is 40.0 Å². The summed E-state index contributed by atoms with van der Waals surface area (Å²) in [4.78, 5) is 62.8. The first-order valence-corrected chi connectivity index (χ1v) is 9.92. The number of nitrogens with zero attached hydrogens (tertiary/aromatic N) is 1. The van der Waals surface area contributed by atoms with Crippen molar-refractivity contribution in [2.75, 3.05) is 6.54 Å². The van der Waals surface area contributed by atoms with Gasteiger partial charge in [0.2, 0.25) is 17.7 Å². The molecular formula is C18H33N7O7. The van der Waals surface area contributed by atoms with Gasteiger partial charge in [0, 0.05) is 6.54 Å². The minimum absolute atomic E-state index is 0.0602. The van der Waals surface area contributed by atoms with Crippen molar-refractivity contribution in [3.05, 3.63) is 0 Å². The maximum Gasteiger partial charge on any atom is 0.326 e. The van der Waals surface area contributed by atoms with E-state index in [1.807, 2.05) is 0 Å². The number of amides is 3. The van der Waals surface area contributed by atoms with Crippen molar-refractivity contribution in [1.29, 1.82) is 0 Å². The number of aliphatic carboxylic acids is 2. The molecule has 0 aromatic rings. The maximum absolute atomic E-state index is 12.6. The molecule has 0 aliphatic carbocycles. The molecule has 182 valence electrons. The molecule has 4 atom stereocenters. The van der Waals surface area contributed by atoms with Crippen LogP contribution in [0.5, 0.6) is 0 Å². The van der Waals surface area contributed by atoms with Gasteiger partial charge in [0.25, 0.3) is 0 Å². The van der Waals surface area contributed by atoms with E-state index in [-0.39, 0.29) is 18.9 Å². The van der Waals surface area contributed by atoms with Crippen molar-refractivity contribution in [3.8, 4) is 0 Å². The molecular weight excluding hydrogens is 426 g/mol. The standard InChI is InChI=1S/C18H33N7O7/c1-8(2)13(25-15(29)10(19)7-12(26)27)16(30)23-9(3)14(28)24-11(17(31)32)5-4-6-22-18(20)21/h8-11,13H,4-7,19H2,1-3H3,(H,23,30)(H,24,28)(H,25,29)(H,26,27)(H,31,32)(H4,20,21,22). The van der Waals surface area contributed by atoms with Gasteiger partial charge in [-0.05, 0) is 25.7 Å². The van der Waals surface area contributed by atoms with E-state index in [2.05, 4.69) is 20.9 Å². The van der Waals surface area contributed by atoms with E-state index in [1.165, 1.54) is 6.92 Å². The van der Waals surface area contributed by atoms with Crippen LogP contribution >= 0.6 is 0 Å². The van der Waals surface area contributed by atoms with Gasteiger partial charge < -0.3 is 43.4 Å². The number of carbonyl (C=O) groups excluding carboxylic acids is 3. The lowest BCUT2D eigenvalue weighted by Gasteiger charge is -2.25. The third-order valence-electron chi connectivity index (χ3n) is 4.29. The number of aliphatic imine (C=N–C) groups is 1. The van der Waals surface area contributed by atoms with E-state index in [1.54, 1.807) is 13.8 Å². The molecule has 32 heavy (non-hydrogen) atoms. The quantitative estimate of drug-likeness (QED) is 0.0744. The molecule has 0 saturated heterocycles. The zero-order valence-electron chi connectivity index (χ0n) is 18.3. The number of carboxylic acid groups (broad SMARTS) is 2. The lowest BCUT2D eigenvalue weighted by atomic mass is 10.0. The van der Waals surface area contributed by atoms with Crippen molar-refractivity contribution in [2.24, 2.45) is 28.1 Å². The number of rotatable bonds is 14. The van der Waals surface area contributed by atoms with Crippen LogP contribution in [0.15, 0.2) is 4.99 Å². The third-order valence-corrected chi connectivity index (χ3v) is 4.29. The summed E-state index contributed by atoms with van der Waals surface area (Å²) in [7, 11) is 0. The van der Waals surface area contributed by atoms with E-state index in [0.717, 1.165) is 0 Å². The Morgan fingerprint density at radius 1 is 0.906 bits per heavy atom. The number of hydrogen-bond acceptors (Lipinski definition) is 7. The second-order valence-corrected chi connectivity index (χ2v) is 7.51. The number of nitrogens with two attached hydrogens (primary N) is 3. The fraction of sp³-hybridized carbons (Fsp3) is 0.667. The highest BCUT2D eigenvalue weighted by Crippen LogP contribution is 2.05. The van der Waals surface area contributed by atoms with Crippen LogP contribution in [0.25, 0.3) is 0 Å². The van der Waals surface area contributed by atoms with Gasteiger partial charge in [-0.3, -0.25) is 24.2 Å². The largest absolute Gasteiger partial charge is 0.481 e. The summed E-state index contributed by atoms with van der Waals surface area (Å²) in [6, 6.07) is -4.77. The summed E-state index contributed by atoms with van der Waals surface area (Å²) >= 11 is 0. The summed E-state index contributed by atoms with van der Waals surface area (Å²) < 4.78 is 0. The zero-order chi connectivity index (χ0) is 25.0. The average Bonchev–Trinajstić information content (AvgIpc) is 2.66. The Kier molecular flexibility index (Phi) is 12.3. The molecule has 11 N–H and O–H groups in total. The number of nitrogens with one attached hydrogen (secondary N) is 3. The van der Waals surface area contributed by atoms with E-state index in [4.69, 9.17) is 22.3 Å². The fourth-order valence-corrected chi connectivity index (χ4v) is 2.50. The number of hydrogen-bond donors (Lipinski definition) is 8. The second kappa shape index (κ2) is 13.8. The number of guanidine groups is 1. The van der Waals surface area contributed by atoms with Crippen molar-refractivity contribution in [1.82, 2.24) is 16.0 Å². The lowest BCUT2D eigenvalue weighted by molar-refractivity contribution is -0.142. The second-order valence-electron chi connectivity index (χ2n) is 7.51. The first-order chi connectivity index (χ1) is 14.8. The minimum atomic E-state index is -1.35. The van der Waals surface area contributed by atoms with Crippen molar-refractivity contribution >= 4 is 35.6 Å². The Labute approximate surface area is 185 Å². The van der Waals surface area contributed by atoms with Crippen LogP contribution in [0.3, 0.4) is 0 Å². The predicted octanol–water partition coefficient (Wildman–Crippen LogP) is -2.94. The van der Waals surface area contributed by atoms with Gasteiger partial charge in [-0.15, -0.1) is 0 Å². The SMILES string of the molecule is CC(NC(=O)C(NC(=O)C(N)CC(=O)O)C(C)C)C(=O)NC(CCCN=C(N)N)C(=O)O. The zero-order valence-corrected chi connectivity index (χ0v) is 18.3. The number of carboxylic acids is 2. The van der Waals surface area contributed by atoms with Gasteiger partial charge in [-0.1, -0.05) is 13.8 Å². The van der Waals surface area contributed by atoms with E-state index in [0.29, 0.717) is 6.42 Å². The van der Waals surface area contributed by atoms with Crippen molar-refractivity contribution < 1.29 is 34.2 Å². The normalized spacial score (nSPS) is 14.4. The van der Waals surface area contributed by atoms with Crippen LogP contribution < -0.4 is 33.2 Å². The van der Waals surface area contributed by atoms with Gasteiger partial charge in [0.05, 0.1) is 12.5 Å². The van der Waals surface area contributed by atoms with Crippen LogP contribution in [0, 0.1) is 5.92 Å². The lowest BCUT2D eigenvalue weighted by Crippen LogP contribution is -2.57. The highest BCUT2D eigenvalue weighted by Gasteiger charge is 2.30. The van der Waals surface area contributed by atoms with Gasteiger partial charge >= 0.3 is 11.9 Å². The summed E-state index contributed by atoms with van der Waals surface area (Å²) in [5, 5.41) is 25.1. The highest BCUT2D eigenvalue weighted by molar-refractivity contribution is 5.94. The van der Waals surface area contributed by atoms with Crippen molar-refractivity contribution in [3.63, 3.8) is 0 Å². The molecule has 0 radical (unpaired) electrons. The highest BCUT2D eigenvalue weighted by atomic mass is 16.4. The molecule has 0 spiro atoms. The third kappa shape index (κ3) is 11.1. The molecule has 14 nitrogen and oxygen atoms in total. The Morgan fingerprint density at radius 3 is 1.97 bits per heavy atom. The van der Waals surface area contributed by atoms with Crippen molar-refractivity contribution in [2.45, 2.75) is 64.2 Å². The molecule has 4 unspecified atom stereocenters. The van der Waals surface area contributed by atoms with Crippen LogP contribution in [0.4, 0.5) is 0 Å². The Morgan fingerprint density at radius 2 is 1.50 bits per heavy atom. The molecule has 3 amide bonds. The predicted molar refractivity (Wildman–Crippen MR) is 114 cm³/mol. The summed E-state index contributed by atoms with van der Waals surface area (Å²) in [6.07, 6.45) is -0.255. The van der Waals surface area contributed by atoms with E-state index < -0.39 is 66.2 Å². The molecule has 0 rings (SSSR count).